The third-order valence-electron chi connectivity index (χ3n) is 2.72. The average Bonchev–Trinajstić information content (AvgIpc) is 2.38. The maximum absolute atomic E-state index is 11.8. The molecule has 1 aromatic carbocycles. The summed E-state index contributed by atoms with van der Waals surface area (Å²) in [6, 6.07) is 9.77. The quantitative estimate of drug-likeness (QED) is 0.835. The minimum absolute atomic E-state index is 0.383. The molecule has 2 rings (SSSR count). The first-order chi connectivity index (χ1) is 8.92. The van der Waals surface area contributed by atoms with Gasteiger partial charge in [0.25, 0.3) is 0 Å². The monoisotopic (exact) mass is 256 g/mol. The van der Waals surface area contributed by atoms with Gasteiger partial charge in [0.15, 0.2) is 0 Å². The summed E-state index contributed by atoms with van der Waals surface area (Å²) in [6.45, 7) is 3.09. The number of nitriles is 1. The van der Waals surface area contributed by atoms with Crippen molar-refractivity contribution in [3.63, 3.8) is 0 Å². The minimum atomic E-state index is -1.10. The molecule has 1 amide bonds. The van der Waals surface area contributed by atoms with Crippen LogP contribution in [0.2, 0.25) is 0 Å². The fourth-order valence-electron chi connectivity index (χ4n) is 1.49. The lowest BCUT2D eigenvalue weighted by Crippen LogP contribution is -2.29. The Bertz CT molecular complexity index is 738. The van der Waals surface area contributed by atoms with Crippen LogP contribution in [0.1, 0.15) is 13.8 Å². The molecule has 96 valence electrons. The summed E-state index contributed by atoms with van der Waals surface area (Å²) in [5, 5.41) is 12.2. The normalized spacial score (nSPS) is 11.0. The van der Waals surface area contributed by atoms with Crippen molar-refractivity contribution in [2.24, 2.45) is 5.41 Å². The van der Waals surface area contributed by atoms with Crippen molar-refractivity contribution < 1.29 is 9.21 Å². The Morgan fingerprint density at radius 3 is 2.74 bits per heavy atom. The van der Waals surface area contributed by atoms with Crippen LogP contribution in [0.3, 0.4) is 0 Å². The lowest BCUT2D eigenvalue weighted by molar-refractivity contribution is -0.121. The number of anilines is 1. The van der Waals surface area contributed by atoms with E-state index in [1.807, 2.05) is 6.07 Å². The lowest BCUT2D eigenvalue weighted by atomic mass is 9.94. The number of nitrogens with zero attached hydrogens (tertiary/aromatic N) is 1. The zero-order valence-electron chi connectivity index (χ0n) is 10.6. The number of amides is 1. The first-order valence-corrected chi connectivity index (χ1v) is 5.69. The molecule has 1 N–H and O–H groups in total. The van der Waals surface area contributed by atoms with E-state index in [2.05, 4.69) is 5.32 Å². The van der Waals surface area contributed by atoms with Crippen molar-refractivity contribution in [1.29, 1.82) is 5.26 Å². The Labute approximate surface area is 109 Å². The van der Waals surface area contributed by atoms with Gasteiger partial charge in [-0.2, -0.15) is 5.26 Å². The molecule has 0 aliphatic heterocycles. The van der Waals surface area contributed by atoms with E-state index in [4.69, 9.17) is 9.68 Å². The van der Waals surface area contributed by atoms with Gasteiger partial charge in [-0.05, 0) is 38.1 Å². The van der Waals surface area contributed by atoms with Crippen LogP contribution >= 0.6 is 0 Å². The molecule has 0 saturated heterocycles. The lowest BCUT2D eigenvalue weighted by Gasteiger charge is -2.15. The zero-order valence-corrected chi connectivity index (χ0v) is 10.6. The van der Waals surface area contributed by atoms with Crippen molar-refractivity contribution in [1.82, 2.24) is 0 Å². The van der Waals surface area contributed by atoms with Gasteiger partial charge in [-0.1, -0.05) is 0 Å². The third kappa shape index (κ3) is 2.63. The topological polar surface area (TPSA) is 83.1 Å². The van der Waals surface area contributed by atoms with Crippen molar-refractivity contribution in [2.75, 3.05) is 5.32 Å². The van der Waals surface area contributed by atoms with Crippen LogP contribution in [-0.4, -0.2) is 5.91 Å². The molecular weight excluding hydrogens is 244 g/mol. The second-order valence-corrected chi connectivity index (χ2v) is 4.70. The molecule has 1 heterocycles. The van der Waals surface area contributed by atoms with Gasteiger partial charge >= 0.3 is 5.63 Å². The minimum Gasteiger partial charge on any atom is -0.423 e. The summed E-state index contributed by atoms with van der Waals surface area (Å²) in [5.41, 5.74) is -0.521. The highest BCUT2D eigenvalue weighted by Gasteiger charge is 2.27. The SMILES string of the molecule is CC(C)(C#N)C(=O)Nc1ccc2oc(=O)ccc2c1. The largest absolute Gasteiger partial charge is 0.423 e. The predicted octanol–water partition coefficient (Wildman–Crippen LogP) is 2.28. The fourth-order valence-corrected chi connectivity index (χ4v) is 1.49. The zero-order chi connectivity index (χ0) is 14.0. The van der Waals surface area contributed by atoms with Crippen LogP contribution in [0.4, 0.5) is 5.69 Å². The molecule has 1 aromatic heterocycles. The number of hydrogen-bond acceptors (Lipinski definition) is 4. The molecule has 0 aliphatic carbocycles. The molecule has 0 atom stereocenters. The Hall–Kier alpha value is -2.61. The molecule has 0 saturated carbocycles. The molecule has 19 heavy (non-hydrogen) atoms. The Morgan fingerprint density at radius 1 is 1.32 bits per heavy atom. The van der Waals surface area contributed by atoms with Gasteiger partial charge in [0, 0.05) is 17.1 Å². The number of hydrogen-bond donors (Lipinski definition) is 1. The van der Waals surface area contributed by atoms with E-state index < -0.39 is 11.0 Å². The van der Waals surface area contributed by atoms with E-state index in [9.17, 15) is 9.59 Å². The van der Waals surface area contributed by atoms with Gasteiger partial charge in [0.05, 0.1) is 6.07 Å². The van der Waals surface area contributed by atoms with Crippen molar-refractivity contribution in [2.45, 2.75) is 13.8 Å². The molecule has 0 aliphatic rings. The third-order valence-corrected chi connectivity index (χ3v) is 2.72. The van der Waals surface area contributed by atoms with Crippen LogP contribution in [0.15, 0.2) is 39.5 Å². The second kappa shape index (κ2) is 4.58. The molecule has 0 fully saturated rings. The second-order valence-electron chi connectivity index (χ2n) is 4.70. The standard InChI is InChI=1S/C14H12N2O3/c1-14(2,8-15)13(18)16-10-4-5-11-9(7-10)3-6-12(17)19-11/h3-7H,1-2H3,(H,16,18). The maximum Gasteiger partial charge on any atom is 0.336 e. The van der Waals surface area contributed by atoms with E-state index in [0.29, 0.717) is 16.7 Å². The number of rotatable bonds is 2. The van der Waals surface area contributed by atoms with E-state index >= 15 is 0 Å². The molecule has 0 radical (unpaired) electrons. The van der Waals surface area contributed by atoms with Crippen LogP contribution < -0.4 is 10.9 Å². The van der Waals surface area contributed by atoms with Crippen molar-refractivity contribution >= 4 is 22.6 Å². The van der Waals surface area contributed by atoms with Gasteiger partial charge in [-0.15, -0.1) is 0 Å². The highest BCUT2D eigenvalue weighted by Crippen LogP contribution is 2.21. The highest BCUT2D eigenvalue weighted by atomic mass is 16.4. The first-order valence-electron chi connectivity index (χ1n) is 5.69. The van der Waals surface area contributed by atoms with Crippen LogP contribution in [0.25, 0.3) is 11.0 Å². The Morgan fingerprint density at radius 2 is 2.05 bits per heavy atom. The van der Waals surface area contributed by atoms with Crippen molar-refractivity contribution in [3.05, 3.63) is 40.8 Å². The van der Waals surface area contributed by atoms with Gasteiger partial charge in [-0.25, -0.2) is 4.79 Å². The van der Waals surface area contributed by atoms with Gasteiger partial charge < -0.3 is 9.73 Å². The van der Waals surface area contributed by atoms with E-state index in [1.165, 1.54) is 6.07 Å². The summed E-state index contributed by atoms with van der Waals surface area (Å²) < 4.78 is 4.99. The Kier molecular flexibility index (Phi) is 3.09. The average molecular weight is 256 g/mol. The first kappa shape index (κ1) is 12.8. The predicted molar refractivity (Wildman–Crippen MR) is 70.5 cm³/mol. The summed E-state index contributed by atoms with van der Waals surface area (Å²) >= 11 is 0. The molecule has 5 heteroatoms. The molecule has 0 unspecified atom stereocenters. The van der Waals surface area contributed by atoms with E-state index in [0.717, 1.165) is 0 Å². The van der Waals surface area contributed by atoms with Gasteiger partial charge in [0.2, 0.25) is 5.91 Å². The smallest absolute Gasteiger partial charge is 0.336 e. The van der Waals surface area contributed by atoms with Gasteiger partial charge in [0.1, 0.15) is 11.0 Å². The van der Waals surface area contributed by atoms with Crippen LogP contribution in [0.5, 0.6) is 0 Å². The maximum atomic E-state index is 11.8. The number of nitrogens with one attached hydrogen (secondary N) is 1. The highest BCUT2D eigenvalue weighted by molar-refractivity contribution is 5.98. The summed E-state index contributed by atoms with van der Waals surface area (Å²) in [6.07, 6.45) is 0. The number of carbonyl (C=O) groups excluding carboxylic acids is 1. The molecule has 0 bridgehead atoms. The molecule has 0 spiro atoms. The van der Waals surface area contributed by atoms with Crippen LogP contribution in [-0.2, 0) is 4.79 Å². The number of carbonyl (C=O) groups is 1. The van der Waals surface area contributed by atoms with E-state index in [1.54, 1.807) is 38.1 Å². The summed E-state index contributed by atoms with van der Waals surface area (Å²) in [7, 11) is 0. The van der Waals surface area contributed by atoms with Crippen LogP contribution in [0, 0.1) is 16.7 Å². The molecular formula is C14H12N2O3. The Balaban J connectivity index is 2.33. The fraction of sp³-hybridized carbons (Fsp3) is 0.214. The van der Waals surface area contributed by atoms with Gasteiger partial charge in [-0.3, -0.25) is 4.79 Å². The molecule has 5 nitrogen and oxygen atoms in total. The summed E-state index contributed by atoms with van der Waals surface area (Å²) in [5.74, 6) is -0.383. The van der Waals surface area contributed by atoms with E-state index in [-0.39, 0.29) is 5.91 Å². The molecule has 2 aromatic rings. The number of fused-ring (bicyclic) bond motifs is 1. The summed E-state index contributed by atoms with van der Waals surface area (Å²) in [4.78, 5) is 22.9. The van der Waals surface area contributed by atoms with Crippen molar-refractivity contribution in [3.8, 4) is 6.07 Å². The number of benzene rings is 1.